The number of carbonyl (C=O) groups excluding carboxylic acids is 1. The van der Waals surface area contributed by atoms with Crippen molar-refractivity contribution in [2.24, 2.45) is 0 Å². The highest BCUT2D eigenvalue weighted by Gasteiger charge is 2.21. The quantitative estimate of drug-likeness (QED) is 0.630. The number of hydrogen-bond acceptors (Lipinski definition) is 4. The molecule has 6 nitrogen and oxygen atoms in total. The van der Waals surface area contributed by atoms with E-state index in [4.69, 9.17) is 11.6 Å². The van der Waals surface area contributed by atoms with Crippen LogP contribution in [0.15, 0.2) is 42.5 Å². The lowest BCUT2D eigenvalue weighted by atomic mass is 10.1. The number of benzene rings is 2. The molecule has 7 heteroatoms. The highest BCUT2D eigenvalue weighted by atomic mass is 35.5. The second-order valence-corrected chi connectivity index (χ2v) is 6.36. The number of nitrogens with one attached hydrogen (secondary N) is 1. The molecule has 0 unspecified atom stereocenters. The highest BCUT2D eigenvalue weighted by molar-refractivity contribution is 6.31. The molecule has 0 bridgehead atoms. The van der Waals surface area contributed by atoms with Gasteiger partial charge >= 0.3 is 0 Å². The molecule has 2 aromatic carbocycles. The zero-order chi connectivity index (χ0) is 17.8. The Labute approximate surface area is 150 Å². The standard InChI is InChI=1S/C18H18ClN3O3/c19-17-8-7-16(22(24)25)10-14(17)12-20-11-13-3-5-15(6-4-13)21-9-1-2-18(21)23/h3-8,10,20H,1-2,9,11-12H2. The van der Waals surface area contributed by atoms with Gasteiger partial charge in [0.2, 0.25) is 5.91 Å². The molecule has 0 saturated carbocycles. The molecule has 2 aromatic rings. The maximum absolute atomic E-state index is 11.7. The minimum Gasteiger partial charge on any atom is -0.312 e. The maximum atomic E-state index is 11.7. The maximum Gasteiger partial charge on any atom is 0.269 e. The van der Waals surface area contributed by atoms with E-state index in [1.165, 1.54) is 12.1 Å². The molecule has 0 aliphatic carbocycles. The first kappa shape index (κ1) is 17.4. The van der Waals surface area contributed by atoms with E-state index in [-0.39, 0.29) is 11.6 Å². The summed E-state index contributed by atoms with van der Waals surface area (Å²) >= 11 is 6.09. The molecule has 1 N–H and O–H groups in total. The van der Waals surface area contributed by atoms with Gasteiger partial charge in [0.1, 0.15) is 0 Å². The smallest absolute Gasteiger partial charge is 0.269 e. The predicted molar refractivity (Wildman–Crippen MR) is 96.7 cm³/mol. The van der Waals surface area contributed by atoms with Crippen LogP contribution >= 0.6 is 11.6 Å². The number of hydrogen-bond donors (Lipinski definition) is 1. The fourth-order valence-electron chi connectivity index (χ4n) is 2.87. The average molecular weight is 360 g/mol. The largest absolute Gasteiger partial charge is 0.312 e. The SMILES string of the molecule is O=C1CCCN1c1ccc(CNCc2cc([N+](=O)[O-])ccc2Cl)cc1. The van der Waals surface area contributed by atoms with E-state index in [0.717, 1.165) is 24.2 Å². The third-order valence-electron chi connectivity index (χ3n) is 4.21. The zero-order valence-corrected chi connectivity index (χ0v) is 14.3. The van der Waals surface area contributed by atoms with E-state index in [1.807, 2.05) is 24.3 Å². The molecule has 1 aliphatic heterocycles. The minimum absolute atomic E-state index is 0.0285. The zero-order valence-electron chi connectivity index (χ0n) is 13.6. The van der Waals surface area contributed by atoms with Crippen LogP contribution < -0.4 is 10.2 Å². The van der Waals surface area contributed by atoms with Crippen LogP contribution in [0.3, 0.4) is 0 Å². The Morgan fingerprint density at radius 1 is 1.16 bits per heavy atom. The molecule has 1 fully saturated rings. The van der Waals surface area contributed by atoms with Crippen molar-refractivity contribution in [1.29, 1.82) is 0 Å². The topological polar surface area (TPSA) is 75.5 Å². The van der Waals surface area contributed by atoms with Gasteiger partial charge in [-0.1, -0.05) is 23.7 Å². The molecule has 0 spiro atoms. The van der Waals surface area contributed by atoms with Gasteiger partial charge in [-0.3, -0.25) is 14.9 Å². The number of nitro groups is 1. The van der Waals surface area contributed by atoms with Crippen LogP contribution in [0, 0.1) is 10.1 Å². The second kappa shape index (κ2) is 7.63. The van der Waals surface area contributed by atoms with Gasteiger partial charge in [-0.2, -0.15) is 0 Å². The fourth-order valence-corrected chi connectivity index (χ4v) is 3.05. The van der Waals surface area contributed by atoms with Crippen molar-refractivity contribution in [1.82, 2.24) is 5.32 Å². The van der Waals surface area contributed by atoms with Gasteiger partial charge in [0.15, 0.2) is 0 Å². The van der Waals surface area contributed by atoms with Crippen LogP contribution in [0.4, 0.5) is 11.4 Å². The molecule has 1 amide bonds. The van der Waals surface area contributed by atoms with Crippen LogP contribution in [0.5, 0.6) is 0 Å². The van der Waals surface area contributed by atoms with E-state index >= 15 is 0 Å². The lowest BCUT2D eigenvalue weighted by molar-refractivity contribution is -0.384. The van der Waals surface area contributed by atoms with Crippen molar-refractivity contribution in [2.45, 2.75) is 25.9 Å². The first-order chi connectivity index (χ1) is 12.0. The molecule has 0 atom stereocenters. The molecule has 130 valence electrons. The first-order valence-electron chi connectivity index (χ1n) is 8.07. The normalized spacial score (nSPS) is 14.1. The Bertz CT molecular complexity index is 793. The Balaban J connectivity index is 1.58. The molecule has 1 saturated heterocycles. The predicted octanol–water partition coefficient (Wildman–Crippen LogP) is 3.66. The van der Waals surface area contributed by atoms with Gasteiger partial charge in [-0.15, -0.1) is 0 Å². The van der Waals surface area contributed by atoms with Crippen LogP contribution in [0.25, 0.3) is 0 Å². The number of amides is 1. The van der Waals surface area contributed by atoms with Gasteiger partial charge in [-0.05, 0) is 35.7 Å². The second-order valence-electron chi connectivity index (χ2n) is 5.95. The summed E-state index contributed by atoms with van der Waals surface area (Å²) in [6.07, 6.45) is 1.53. The lowest BCUT2D eigenvalue weighted by Crippen LogP contribution is -2.23. The van der Waals surface area contributed by atoms with E-state index in [0.29, 0.717) is 30.1 Å². The Hall–Kier alpha value is -2.44. The molecule has 0 aromatic heterocycles. The first-order valence-corrected chi connectivity index (χ1v) is 8.45. The summed E-state index contributed by atoms with van der Waals surface area (Å²) in [5.41, 5.74) is 2.71. The highest BCUT2D eigenvalue weighted by Crippen LogP contribution is 2.23. The average Bonchev–Trinajstić information content (AvgIpc) is 3.03. The number of halogens is 1. The molecule has 1 aliphatic rings. The third-order valence-corrected chi connectivity index (χ3v) is 4.57. The number of rotatable bonds is 6. The fraction of sp³-hybridized carbons (Fsp3) is 0.278. The Morgan fingerprint density at radius 2 is 1.92 bits per heavy atom. The molecule has 3 rings (SSSR count). The summed E-state index contributed by atoms with van der Waals surface area (Å²) in [7, 11) is 0. The van der Waals surface area contributed by atoms with Gasteiger partial charge < -0.3 is 10.2 Å². The van der Waals surface area contributed by atoms with Crippen molar-refractivity contribution in [3.05, 3.63) is 68.7 Å². The van der Waals surface area contributed by atoms with E-state index in [9.17, 15) is 14.9 Å². The lowest BCUT2D eigenvalue weighted by Gasteiger charge is -2.16. The van der Waals surface area contributed by atoms with Gasteiger partial charge in [-0.25, -0.2) is 0 Å². The van der Waals surface area contributed by atoms with Crippen molar-refractivity contribution < 1.29 is 9.72 Å². The van der Waals surface area contributed by atoms with Crippen LogP contribution in [0.1, 0.15) is 24.0 Å². The Kier molecular flexibility index (Phi) is 5.31. The van der Waals surface area contributed by atoms with Crippen LogP contribution in [-0.2, 0) is 17.9 Å². The third kappa shape index (κ3) is 4.15. The van der Waals surface area contributed by atoms with Crippen molar-refractivity contribution in [3.63, 3.8) is 0 Å². The van der Waals surface area contributed by atoms with Crippen LogP contribution in [-0.4, -0.2) is 17.4 Å². The van der Waals surface area contributed by atoms with Crippen molar-refractivity contribution in [2.75, 3.05) is 11.4 Å². The monoisotopic (exact) mass is 359 g/mol. The summed E-state index contributed by atoms with van der Waals surface area (Å²) in [6.45, 7) is 1.82. The number of non-ortho nitro benzene ring substituents is 1. The number of anilines is 1. The van der Waals surface area contributed by atoms with Gasteiger partial charge in [0.05, 0.1) is 4.92 Å². The molecule has 0 radical (unpaired) electrons. The van der Waals surface area contributed by atoms with E-state index < -0.39 is 4.92 Å². The summed E-state index contributed by atoms with van der Waals surface area (Å²) in [5, 5.41) is 14.6. The van der Waals surface area contributed by atoms with Crippen molar-refractivity contribution in [3.8, 4) is 0 Å². The molecule has 25 heavy (non-hydrogen) atoms. The number of nitro benzene ring substituents is 1. The molecule has 1 heterocycles. The summed E-state index contributed by atoms with van der Waals surface area (Å²) in [5.74, 6) is 0.172. The summed E-state index contributed by atoms with van der Waals surface area (Å²) in [6, 6.07) is 12.3. The summed E-state index contributed by atoms with van der Waals surface area (Å²) in [4.78, 5) is 24.0. The van der Waals surface area contributed by atoms with E-state index in [2.05, 4.69) is 5.32 Å². The van der Waals surface area contributed by atoms with Gasteiger partial charge in [0, 0.05) is 48.9 Å². The minimum atomic E-state index is -0.432. The molecular formula is C18H18ClN3O3. The molecular weight excluding hydrogens is 342 g/mol. The van der Waals surface area contributed by atoms with Crippen LogP contribution in [0.2, 0.25) is 5.02 Å². The summed E-state index contributed by atoms with van der Waals surface area (Å²) < 4.78 is 0. The number of nitrogens with zero attached hydrogens (tertiary/aromatic N) is 2. The number of carbonyl (C=O) groups is 1. The van der Waals surface area contributed by atoms with E-state index in [1.54, 1.807) is 11.0 Å². The Morgan fingerprint density at radius 3 is 2.56 bits per heavy atom. The van der Waals surface area contributed by atoms with Gasteiger partial charge in [0.25, 0.3) is 5.69 Å². The van der Waals surface area contributed by atoms with Crippen molar-refractivity contribution >= 4 is 28.9 Å².